The number of hydrogen-bond donors (Lipinski definition) is 0. The maximum atomic E-state index is 5.84. The molecule has 2 heterocycles. The van der Waals surface area contributed by atoms with E-state index in [4.69, 9.17) is 4.42 Å². The van der Waals surface area contributed by atoms with E-state index in [9.17, 15) is 0 Å². The first kappa shape index (κ1) is 26.5. The minimum atomic E-state index is 0. The van der Waals surface area contributed by atoms with E-state index < -0.39 is 0 Å². The Hall–Kier alpha value is -1.54. The fourth-order valence-corrected chi connectivity index (χ4v) is 3.40. The van der Waals surface area contributed by atoms with E-state index in [-0.39, 0.29) is 51.0 Å². The van der Waals surface area contributed by atoms with Crippen LogP contribution >= 0.6 is 0 Å². The Morgan fingerprint density at radius 3 is 2.53 bits per heavy atom. The van der Waals surface area contributed by atoms with Gasteiger partial charge in [0.25, 0.3) is 0 Å². The van der Waals surface area contributed by atoms with Crippen LogP contribution in [0.4, 0.5) is 0 Å². The minimum Gasteiger partial charge on any atom is -1.00 e. The van der Waals surface area contributed by atoms with Crippen molar-refractivity contribution in [2.45, 2.75) is 33.1 Å². The van der Waals surface area contributed by atoms with Crippen LogP contribution < -0.4 is 24.8 Å². The molecule has 0 bridgehead atoms. The number of fused-ring (bicyclic) bond motifs is 2. The molecular weight excluding hydrogens is 492 g/mol. The molecule has 2 aliphatic rings. The van der Waals surface area contributed by atoms with Crippen LogP contribution in [0, 0.1) is 0 Å². The van der Waals surface area contributed by atoms with Crippen LogP contribution in [0.5, 0.6) is 0 Å². The van der Waals surface area contributed by atoms with Crippen LogP contribution in [0.3, 0.4) is 0 Å². The first-order valence-corrected chi connectivity index (χ1v) is 9.69. The van der Waals surface area contributed by atoms with Crippen LogP contribution in [0.2, 0.25) is 0 Å². The van der Waals surface area contributed by atoms with Crippen molar-refractivity contribution < 1.29 is 55.4 Å². The molecule has 1 radical (unpaired) electrons. The molecule has 0 atom stereocenters. The molecule has 0 N–H and O–H groups in total. The molecule has 3 aromatic rings. The van der Waals surface area contributed by atoms with E-state index in [1.165, 1.54) is 27.6 Å². The van der Waals surface area contributed by atoms with E-state index >= 15 is 0 Å². The summed E-state index contributed by atoms with van der Waals surface area (Å²) in [4.78, 5) is 4.39. The van der Waals surface area contributed by atoms with Gasteiger partial charge in [0, 0.05) is 17.7 Å². The third-order valence-corrected chi connectivity index (χ3v) is 4.83. The van der Waals surface area contributed by atoms with Gasteiger partial charge in [-0.3, -0.25) is 4.99 Å². The minimum absolute atomic E-state index is 0. The topological polar surface area (TPSA) is 25.5 Å². The molecule has 5 heteroatoms. The zero-order chi connectivity index (χ0) is 18.6. The molecule has 30 heavy (non-hydrogen) atoms. The van der Waals surface area contributed by atoms with Gasteiger partial charge in [0.2, 0.25) is 0 Å². The molecule has 1 aromatic heterocycles. The number of aryl methyl sites for hydroxylation is 1. The van der Waals surface area contributed by atoms with Gasteiger partial charge < -0.3 is 29.2 Å². The number of aliphatic imine (C=N–C) groups is 1. The zero-order valence-electron chi connectivity index (χ0n) is 17.2. The van der Waals surface area contributed by atoms with Crippen molar-refractivity contribution in [1.29, 1.82) is 0 Å². The van der Waals surface area contributed by atoms with Crippen molar-refractivity contribution in [2.75, 3.05) is 0 Å². The smallest absolute Gasteiger partial charge is 1.00 e. The molecule has 2 aromatic carbocycles. The first-order chi connectivity index (χ1) is 13.3. The summed E-state index contributed by atoms with van der Waals surface area (Å²) in [7, 11) is 0. The molecule has 5 rings (SSSR count). The summed E-state index contributed by atoms with van der Waals surface area (Å²) >= 11 is 0. The number of hydrogen-bond acceptors (Lipinski definition) is 2. The Labute approximate surface area is 210 Å². The van der Waals surface area contributed by atoms with Gasteiger partial charge in [0.05, 0.1) is 17.2 Å². The summed E-state index contributed by atoms with van der Waals surface area (Å²) < 4.78 is 5.84. The summed E-state index contributed by atoms with van der Waals surface area (Å²) in [6.07, 6.45) is 11.5. The number of halogens is 2. The van der Waals surface area contributed by atoms with Gasteiger partial charge in [-0.15, -0.1) is 29.0 Å². The molecule has 153 valence electrons. The van der Waals surface area contributed by atoms with Gasteiger partial charge >= 0.3 is 26.2 Å². The molecule has 0 fully saturated rings. The summed E-state index contributed by atoms with van der Waals surface area (Å²) in [5.41, 5.74) is 4.79. The van der Waals surface area contributed by atoms with Crippen LogP contribution in [0.25, 0.3) is 22.1 Å². The third kappa shape index (κ3) is 6.00. The molecule has 1 aliphatic heterocycles. The van der Waals surface area contributed by atoms with Gasteiger partial charge in [-0.25, -0.2) is 0 Å². The van der Waals surface area contributed by atoms with Crippen molar-refractivity contribution in [2.24, 2.45) is 4.99 Å². The van der Waals surface area contributed by atoms with Crippen LogP contribution in [-0.4, -0.2) is 5.71 Å². The average Bonchev–Trinajstić information content (AvgIpc) is 3.44. The standard InChI is InChI=1S/C16H15O.C9H9N.2ClH.Zr/c1-2-5-15-8-9-16(17-15)14-10-12-6-3-4-7-13(12)11-14;1-2-8-6-7-4-3-5-9(7)10-8;;;/h3-4,6-11H,2,5H2,1H3;3-6H,2H2,1H3;2*1H;/q-1;;;;+3/p-2. The summed E-state index contributed by atoms with van der Waals surface area (Å²) in [6, 6.07) is 16.9. The third-order valence-electron chi connectivity index (χ3n) is 4.83. The van der Waals surface area contributed by atoms with Gasteiger partial charge in [-0.1, -0.05) is 49.8 Å². The molecule has 2 nitrogen and oxygen atoms in total. The molecule has 0 amide bonds. The Bertz CT molecular complexity index is 1050. The molecule has 0 saturated heterocycles. The fourth-order valence-electron chi connectivity index (χ4n) is 3.40. The van der Waals surface area contributed by atoms with Crippen molar-refractivity contribution in [3.05, 3.63) is 89.9 Å². The Balaban J connectivity index is 0.000000302. The Kier molecular flexibility index (Phi) is 10.9. The maximum Gasteiger partial charge on any atom is 3.00 e. The van der Waals surface area contributed by atoms with E-state index in [0.717, 1.165) is 36.5 Å². The zero-order valence-corrected chi connectivity index (χ0v) is 21.1. The van der Waals surface area contributed by atoms with Gasteiger partial charge in [0.1, 0.15) is 0 Å². The van der Waals surface area contributed by atoms with Crippen molar-refractivity contribution in [3.8, 4) is 11.3 Å². The fraction of sp³-hybridized carbons (Fsp3) is 0.200. The second-order valence-electron chi connectivity index (χ2n) is 6.86. The van der Waals surface area contributed by atoms with E-state index in [1.807, 2.05) is 6.08 Å². The van der Waals surface area contributed by atoms with Crippen LogP contribution in [-0.2, 0) is 32.6 Å². The molecule has 0 spiro atoms. The molecule has 0 saturated carbocycles. The summed E-state index contributed by atoms with van der Waals surface area (Å²) in [5, 5.41) is 2.55. The number of nitrogens with zero attached hydrogens (tertiary/aromatic N) is 1. The predicted octanol–water partition coefficient (Wildman–Crippen LogP) is 1.01. The van der Waals surface area contributed by atoms with Crippen LogP contribution in [0.1, 0.15) is 32.4 Å². The SMILES string of the molecule is CCC1=NC2=CC=CC2=C1.CCCc1ccc(-c2cc3ccccc3[cH-]2)o1.[Cl-].[Cl-].[Zr+3]. The summed E-state index contributed by atoms with van der Waals surface area (Å²) in [6.45, 7) is 4.29. The van der Waals surface area contributed by atoms with Crippen molar-refractivity contribution in [3.63, 3.8) is 0 Å². The average molecular weight is 517 g/mol. The Morgan fingerprint density at radius 2 is 1.83 bits per heavy atom. The van der Waals surface area contributed by atoms with Crippen LogP contribution in [0.15, 0.2) is 93.5 Å². The quantitative estimate of drug-likeness (QED) is 0.476. The second-order valence-corrected chi connectivity index (χ2v) is 6.86. The number of rotatable bonds is 4. The van der Waals surface area contributed by atoms with E-state index in [0.29, 0.717) is 0 Å². The Morgan fingerprint density at radius 1 is 1.03 bits per heavy atom. The maximum absolute atomic E-state index is 5.84. The molecular formula is C25H24Cl2NOZr. The number of benzene rings is 1. The van der Waals surface area contributed by atoms with Crippen molar-refractivity contribution in [1.82, 2.24) is 0 Å². The number of furan rings is 1. The molecule has 1 aliphatic carbocycles. The van der Waals surface area contributed by atoms with Gasteiger partial charge in [-0.05, 0) is 37.1 Å². The second kappa shape index (κ2) is 12.3. The number of allylic oxidation sites excluding steroid dienone is 4. The first-order valence-electron chi connectivity index (χ1n) is 9.69. The van der Waals surface area contributed by atoms with E-state index in [2.05, 4.69) is 85.6 Å². The van der Waals surface area contributed by atoms with Crippen molar-refractivity contribution >= 4 is 16.5 Å². The monoisotopic (exact) mass is 514 g/mol. The van der Waals surface area contributed by atoms with Gasteiger partial charge in [-0.2, -0.15) is 0 Å². The summed E-state index contributed by atoms with van der Waals surface area (Å²) in [5.74, 6) is 2.05. The largest absolute Gasteiger partial charge is 3.00 e. The molecule has 0 unspecified atom stereocenters. The van der Waals surface area contributed by atoms with Gasteiger partial charge in [0.15, 0.2) is 0 Å². The predicted molar refractivity (Wildman–Crippen MR) is 114 cm³/mol. The normalized spacial score (nSPS) is 13.1. The van der Waals surface area contributed by atoms with E-state index in [1.54, 1.807) is 0 Å².